The van der Waals surface area contributed by atoms with Gasteiger partial charge in [-0.25, -0.2) is 4.79 Å². The second-order valence-corrected chi connectivity index (χ2v) is 4.94. The van der Waals surface area contributed by atoms with Crippen LogP contribution in [0.4, 0.5) is 10.5 Å². The average Bonchev–Trinajstić information content (AvgIpc) is 2.37. The number of amides is 3. The van der Waals surface area contributed by atoms with Gasteiger partial charge in [0.2, 0.25) is 0 Å². The van der Waals surface area contributed by atoms with E-state index in [2.05, 4.69) is 16.0 Å². The second kappa shape index (κ2) is 9.20. The van der Waals surface area contributed by atoms with Gasteiger partial charge in [0, 0.05) is 29.9 Å². The van der Waals surface area contributed by atoms with Crippen LogP contribution in [0.15, 0.2) is 24.3 Å². The van der Waals surface area contributed by atoms with Crippen molar-refractivity contribution in [1.29, 1.82) is 0 Å². The summed E-state index contributed by atoms with van der Waals surface area (Å²) in [6.45, 7) is 5.95. The first kappa shape index (κ1) is 19.2. The van der Waals surface area contributed by atoms with Crippen molar-refractivity contribution in [3.05, 3.63) is 29.8 Å². The van der Waals surface area contributed by atoms with Gasteiger partial charge in [0.05, 0.1) is 0 Å². The highest BCUT2D eigenvalue weighted by molar-refractivity contribution is 5.97. The number of urea groups is 1. The number of halogens is 1. The normalized spacial score (nSPS) is 11.3. The lowest BCUT2D eigenvalue weighted by Gasteiger charge is -2.13. The molecule has 118 valence electrons. The van der Waals surface area contributed by atoms with E-state index in [1.54, 1.807) is 24.3 Å². The van der Waals surface area contributed by atoms with Crippen LogP contribution < -0.4 is 21.7 Å². The van der Waals surface area contributed by atoms with Crippen LogP contribution >= 0.6 is 12.4 Å². The van der Waals surface area contributed by atoms with Crippen LogP contribution in [-0.2, 0) is 0 Å². The van der Waals surface area contributed by atoms with E-state index in [0.29, 0.717) is 17.8 Å². The lowest BCUT2D eigenvalue weighted by atomic mass is 10.1. The molecule has 0 bridgehead atoms. The summed E-state index contributed by atoms with van der Waals surface area (Å²) in [5.74, 6) is -0.212. The van der Waals surface area contributed by atoms with Crippen LogP contribution in [0, 0.1) is 0 Å². The zero-order valence-electron chi connectivity index (χ0n) is 12.5. The van der Waals surface area contributed by atoms with Gasteiger partial charge in [-0.15, -0.1) is 12.4 Å². The Bertz CT molecular complexity index is 480. The fourth-order valence-corrected chi connectivity index (χ4v) is 1.53. The predicted octanol–water partition coefficient (Wildman–Crippen LogP) is 1.72. The van der Waals surface area contributed by atoms with Gasteiger partial charge in [-0.1, -0.05) is 6.07 Å². The molecule has 0 radical (unpaired) electrons. The molecule has 0 unspecified atom stereocenters. The Hall–Kier alpha value is -1.79. The summed E-state index contributed by atoms with van der Waals surface area (Å²) < 4.78 is 0. The quantitative estimate of drug-likeness (QED) is 0.666. The van der Waals surface area contributed by atoms with E-state index < -0.39 is 0 Å². The van der Waals surface area contributed by atoms with Gasteiger partial charge in [-0.05, 0) is 39.0 Å². The van der Waals surface area contributed by atoms with Crippen molar-refractivity contribution < 1.29 is 9.59 Å². The molecule has 0 aromatic heterocycles. The van der Waals surface area contributed by atoms with E-state index >= 15 is 0 Å². The third-order valence-corrected chi connectivity index (χ3v) is 2.53. The lowest BCUT2D eigenvalue weighted by molar-refractivity contribution is 0.0941. The molecule has 1 aromatic rings. The molecule has 0 aliphatic carbocycles. The first-order chi connectivity index (χ1) is 9.42. The van der Waals surface area contributed by atoms with Gasteiger partial charge in [-0.2, -0.15) is 0 Å². The van der Waals surface area contributed by atoms with E-state index in [4.69, 9.17) is 5.73 Å². The van der Waals surface area contributed by atoms with E-state index in [1.807, 2.05) is 20.8 Å². The van der Waals surface area contributed by atoms with E-state index in [0.717, 1.165) is 0 Å². The summed E-state index contributed by atoms with van der Waals surface area (Å²) in [4.78, 5) is 23.5. The van der Waals surface area contributed by atoms with Crippen molar-refractivity contribution in [2.75, 3.05) is 11.9 Å². The summed E-state index contributed by atoms with van der Waals surface area (Å²) in [6.07, 6.45) is 0. The number of anilines is 1. The van der Waals surface area contributed by atoms with Crippen molar-refractivity contribution >= 4 is 30.0 Å². The molecular formula is C14H23ClN4O2. The molecule has 0 heterocycles. The van der Waals surface area contributed by atoms with Gasteiger partial charge >= 0.3 is 6.03 Å². The van der Waals surface area contributed by atoms with Crippen molar-refractivity contribution in [3.8, 4) is 0 Å². The topological polar surface area (TPSA) is 96.2 Å². The molecule has 1 aromatic carbocycles. The zero-order valence-corrected chi connectivity index (χ0v) is 13.3. The fraction of sp³-hybridized carbons (Fsp3) is 0.429. The first-order valence-electron chi connectivity index (χ1n) is 6.61. The van der Waals surface area contributed by atoms with Crippen LogP contribution in [-0.4, -0.2) is 30.6 Å². The molecule has 21 heavy (non-hydrogen) atoms. The molecule has 0 spiro atoms. The smallest absolute Gasteiger partial charge is 0.319 e. The molecule has 0 saturated carbocycles. The van der Waals surface area contributed by atoms with Gasteiger partial charge < -0.3 is 21.7 Å². The summed E-state index contributed by atoms with van der Waals surface area (Å²) >= 11 is 0. The summed E-state index contributed by atoms with van der Waals surface area (Å²) in [5, 5.41) is 8.16. The molecule has 6 nitrogen and oxygen atoms in total. The van der Waals surface area contributed by atoms with Crippen LogP contribution in [0.2, 0.25) is 0 Å². The van der Waals surface area contributed by atoms with Crippen LogP contribution in [0.5, 0.6) is 0 Å². The number of carbonyl (C=O) groups excluding carboxylic acids is 2. The first-order valence-corrected chi connectivity index (χ1v) is 6.61. The number of rotatable bonds is 5. The number of carbonyl (C=O) groups is 2. The van der Waals surface area contributed by atoms with Crippen molar-refractivity contribution in [2.45, 2.75) is 32.9 Å². The fourth-order valence-electron chi connectivity index (χ4n) is 1.53. The largest absolute Gasteiger partial charge is 0.348 e. The Labute approximate surface area is 131 Å². The van der Waals surface area contributed by atoms with Crippen LogP contribution in [0.3, 0.4) is 0 Å². The predicted molar refractivity (Wildman–Crippen MR) is 87.0 cm³/mol. The average molecular weight is 315 g/mol. The number of hydrogen-bond donors (Lipinski definition) is 4. The van der Waals surface area contributed by atoms with Crippen LogP contribution in [0.1, 0.15) is 31.1 Å². The van der Waals surface area contributed by atoms with Gasteiger partial charge in [0.1, 0.15) is 0 Å². The van der Waals surface area contributed by atoms with E-state index in [9.17, 15) is 9.59 Å². The Morgan fingerprint density at radius 1 is 1.19 bits per heavy atom. The molecule has 1 rings (SSSR count). The summed E-state index contributed by atoms with van der Waals surface area (Å²) in [7, 11) is 0. The lowest BCUT2D eigenvalue weighted by Crippen LogP contribution is -2.37. The summed E-state index contributed by atoms with van der Waals surface area (Å²) in [5.41, 5.74) is 6.51. The maximum absolute atomic E-state index is 11.9. The number of benzene rings is 1. The van der Waals surface area contributed by atoms with Gasteiger partial charge in [0.15, 0.2) is 0 Å². The molecule has 5 N–H and O–H groups in total. The highest BCUT2D eigenvalue weighted by atomic mass is 35.5. The monoisotopic (exact) mass is 314 g/mol. The Balaban J connectivity index is 0.00000400. The van der Waals surface area contributed by atoms with Gasteiger partial charge in [0.25, 0.3) is 5.91 Å². The number of nitrogens with two attached hydrogens (primary N) is 1. The Kier molecular flexibility index (Phi) is 8.42. The molecule has 0 saturated heterocycles. The van der Waals surface area contributed by atoms with Crippen LogP contribution in [0.25, 0.3) is 0 Å². The number of nitrogens with one attached hydrogen (secondary N) is 3. The third-order valence-electron chi connectivity index (χ3n) is 2.53. The zero-order chi connectivity index (χ0) is 15.1. The van der Waals surface area contributed by atoms with Crippen molar-refractivity contribution in [2.24, 2.45) is 5.73 Å². The minimum Gasteiger partial charge on any atom is -0.348 e. The minimum absolute atomic E-state index is 0. The molecule has 7 heteroatoms. The Morgan fingerprint density at radius 3 is 2.43 bits per heavy atom. The Morgan fingerprint density at radius 2 is 1.86 bits per heavy atom. The van der Waals surface area contributed by atoms with E-state index in [1.165, 1.54) is 0 Å². The molecule has 1 atom stereocenters. The maximum Gasteiger partial charge on any atom is 0.319 e. The molecule has 3 amide bonds. The number of hydrogen-bond acceptors (Lipinski definition) is 3. The van der Waals surface area contributed by atoms with E-state index in [-0.39, 0.29) is 36.4 Å². The molecular weight excluding hydrogens is 292 g/mol. The van der Waals surface area contributed by atoms with Crippen molar-refractivity contribution in [1.82, 2.24) is 10.6 Å². The summed E-state index contributed by atoms with van der Waals surface area (Å²) in [6, 6.07) is 6.40. The minimum atomic E-state index is -0.298. The maximum atomic E-state index is 11.9. The highest BCUT2D eigenvalue weighted by Crippen LogP contribution is 2.10. The molecule has 0 fully saturated rings. The molecule has 0 aliphatic rings. The highest BCUT2D eigenvalue weighted by Gasteiger charge is 2.10. The standard InChI is InChI=1S/C14H22N4O2.ClH/c1-9(2)16-14(20)18-12-6-4-5-11(7-12)13(19)17-10(3)8-15;/h4-7,9-10H,8,15H2,1-3H3,(H,17,19)(H2,16,18,20);1H/t10-;/m0./s1. The van der Waals surface area contributed by atoms with Gasteiger partial charge in [-0.3, -0.25) is 4.79 Å². The third kappa shape index (κ3) is 6.97. The van der Waals surface area contributed by atoms with Crippen molar-refractivity contribution in [3.63, 3.8) is 0 Å². The molecule has 0 aliphatic heterocycles. The SMILES string of the molecule is CC(C)NC(=O)Nc1cccc(C(=O)N[C@@H](C)CN)c1.Cl. The second-order valence-electron chi connectivity index (χ2n) is 4.94.